The molecule has 4 aromatic carbocycles. The summed E-state index contributed by atoms with van der Waals surface area (Å²) in [7, 11) is 0. The summed E-state index contributed by atoms with van der Waals surface area (Å²) in [6.45, 7) is 6.05. The van der Waals surface area contributed by atoms with Gasteiger partial charge in [0.2, 0.25) is 17.7 Å². The van der Waals surface area contributed by atoms with Gasteiger partial charge in [0.15, 0.2) is 0 Å². The Hall–Kier alpha value is -5.94. The van der Waals surface area contributed by atoms with E-state index in [0.717, 1.165) is 27.8 Å². The number of amides is 5. The van der Waals surface area contributed by atoms with Crippen LogP contribution in [0.4, 0.5) is 10.5 Å². The molecule has 11 heteroatoms. The first-order valence-electron chi connectivity index (χ1n) is 16.4. The zero-order valence-corrected chi connectivity index (χ0v) is 28.0. The van der Waals surface area contributed by atoms with Crippen molar-refractivity contribution in [2.45, 2.75) is 38.6 Å². The van der Waals surface area contributed by atoms with E-state index in [2.05, 4.69) is 27.8 Å². The number of benzene rings is 4. The van der Waals surface area contributed by atoms with Gasteiger partial charge in [0.05, 0.1) is 13.1 Å². The fourth-order valence-electron chi connectivity index (χ4n) is 5.98. The maximum atomic E-state index is 14.4. The standard InChI is InChI=1S/C39H42N6O5/c1-3-19-40-24-37(48)45-35(21-28-15-17-34(47)18-16-28)38(49)44(26-36(45)43-39(50)41-23-29-9-5-4-6-10-29)25-30-11-7-12-31(20-30)32-13-8-14-33(22-32)42-27(2)46/h3-18,20,22,35-36,40,47H,1,19,21,23-26H2,2H3,(H,42,46)(H2,41,43,50)/t35-,36+/m0/s1. The average Bonchev–Trinajstić information content (AvgIpc) is 3.11. The van der Waals surface area contributed by atoms with E-state index in [-0.39, 0.29) is 56.1 Å². The van der Waals surface area contributed by atoms with E-state index in [4.69, 9.17) is 0 Å². The quantitative estimate of drug-likeness (QED) is 0.105. The summed E-state index contributed by atoms with van der Waals surface area (Å²) in [5, 5.41) is 21.6. The number of nitrogens with one attached hydrogen (secondary N) is 4. The summed E-state index contributed by atoms with van der Waals surface area (Å²) in [6.07, 6.45) is 0.963. The third-order valence-electron chi connectivity index (χ3n) is 8.29. The van der Waals surface area contributed by atoms with Crippen molar-refractivity contribution in [3.63, 3.8) is 0 Å². The van der Waals surface area contributed by atoms with Gasteiger partial charge in [0.25, 0.3) is 0 Å². The highest BCUT2D eigenvalue weighted by Crippen LogP contribution is 2.27. The zero-order chi connectivity index (χ0) is 35.5. The van der Waals surface area contributed by atoms with Gasteiger partial charge >= 0.3 is 6.03 Å². The lowest BCUT2D eigenvalue weighted by atomic mass is 9.98. The Balaban J connectivity index is 1.44. The highest BCUT2D eigenvalue weighted by Gasteiger charge is 2.43. The molecule has 1 aliphatic heterocycles. The van der Waals surface area contributed by atoms with Crippen LogP contribution >= 0.6 is 0 Å². The van der Waals surface area contributed by atoms with Crippen LogP contribution in [0.5, 0.6) is 5.75 Å². The van der Waals surface area contributed by atoms with Gasteiger partial charge in [-0.05, 0) is 58.1 Å². The number of urea groups is 1. The number of phenolic OH excluding ortho intramolecular Hbond substituents is 1. The third kappa shape index (κ3) is 9.57. The van der Waals surface area contributed by atoms with Crippen molar-refractivity contribution in [1.29, 1.82) is 0 Å². The molecule has 1 heterocycles. The van der Waals surface area contributed by atoms with Crippen LogP contribution in [0.2, 0.25) is 0 Å². The van der Waals surface area contributed by atoms with E-state index in [1.54, 1.807) is 23.1 Å². The van der Waals surface area contributed by atoms with Crippen LogP contribution < -0.4 is 21.3 Å². The normalized spacial score (nSPS) is 15.7. The highest BCUT2D eigenvalue weighted by molar-refractivity contribution is 5.91. The topological polar surface area (TPSA) is 143 Å². The van der Waals surface area contributed by atoms with Crippen molar-refractivity contribution in [2.75, 3.05) is 25.0 Å². The Morgan fingerprint density at radius 3 is 2.30 bits per heavy atom. The van der Waals surface area contributed by atoms with Crippen molar-refractivity contribution in [3.8, 4) is 16.9 Å². The minimum atomic E-state index is -0.941. The Morgan fingerprint density at radius 1 is 0.880 bits per heavy atom. The second kappa shape index (κ2) is 16.9. The molecule has 1 fully saturated rings. The molecule has 1 aliphatic rings. The second-order valence-corrected chi connectivity index (χ2v) is 12.1. The van der Waals surface area contributed by atoms with Crippen LogP contribution in [-0.2, 0) is 33.9 Å². The van der Waals surface area contributed by atoms with Gasteiger partial charge in [-0.15, -0.1) is 6.58 Å². The first-order valence-corrected chi connectivity index (χ1v) is 16.4. The van der Waals surface area contributed by atoms with Gasteiger partial charge in [0, 0.05) is 38.7 Å². The first kappa shape index (κ1) is 35.4. The van der Waals surface area contributed by atoms with Gasteiger partial charge < -0.3 is 36.2 Å². The molecule has 0 aromatic heterocycles. The lowest BCUT2D eigenvalue weighted by Gasteiger charge is -2.46. The minimum absolute atomic E-state index is 0.0547. The molecule has 1 saturated heterocycles. The molecular formula is C39H42N6O5. The summed E-state index contributed by atoms with van der Waals surface area (Å²) in [6, 6.07) is 29.9. The van der Waals surface area contributed by atoms with E-state index >= 15 is 0 Å². The molecule has 0 saturated carbocycles. The van der Waals surface area contributed by atoms with Gasteiger partial charge in [-0.1, -0.05) is 78.9 Å². The number of hydrogen-bond donors (Lipinski definition) is 5. The number of anilines is 1. The summed E-state index contributed by atoms with van der Waals surface area (Å²) in [4.78, 5) is 56.3. The summed E-state index contributed by atoms with van der Waals surface area (Å²) in [5.74, 6) is -0.694. The second-order valence-electron chi connectivity index (χ2n) is 12.1. The summed E-state index contributed by atoms with van der Waals surface area (Å²) in [5.41, 5.74) is 4.98. The molecule has 5 amide bonds. The number of carbonyl (C=O) groups is 4. The molecule has 0 spiro atoms. The van der Waals surface area contributed by atoms with Crippen molar-refractivity contribution in [3.05, 3.63) is 132 Å². The Bertz CT molecular complexity index is 1810. The number of nitrogens with zero attached hydrogens (tertiary/aromatic N) is 2. The monoisotopic (exact) mass is 674 g/mol. The summed E-state index contributed by atoms with van der Waals surface area (Å²) < 4.78 is 0. The Labute approximate surface area is 292 Å². The Morgan fingerprint density at radius 2 is 1.58 bits per heavy atom. The van der Waals surface area contributed by atoms with Gasteiger partial charge in [-0.2, -0.15) is 0 Å². The fraction of sp³-hybridized carbons (Fsp3) is 0.231. The fourth-order valence-corrected chi connectivity index (χ4v) is 5.98. The molecule has 5 rings (SSSR count). The third-order valence-corrected chi connectivity index (χ3v) is 8.29. The molecule has 258 valence electrons. The number of rotatable bonds is 13. The molecule has 0 unspecified atom stereocenters. The predicted molar refractivity (Wildman–Crippen MR) is 193 cm³/mol. The van der Waals surface area contributed by atoms with E-state index in [1.165, 1.54) is 24.0 Å². The predicted octanol–water partition coefficient (Wildman–Crippen LogP) is 4.40. The number of phenols is 1. The zero-order valence-electron chi connectivity index (χ0n) is 28.0. The van der Waals surface area contributed by atoms with Crippen LogP contribution in [0, 0.1) is 0 Å². The van der Waals surface area contributed by atoms with Crippen LogP contribution in [0.25, 0.3) is 11.1 Å². The maximum Gasteiger partial charge on any atom is 0.316 e. The van der Waals surface area contributed by atoms with E-state index < -0.39 is 18.2 Å². The van der Waals surface area contributed by atoms with E-state index in [9.17, 15) is 24.3 Å². The highest BCUT2D eigenvalue weighted by atomic mass is 16.3. The SMILES string of the molecule is C=CCNCC(=O)N1[C@@H](NC(=O)NCc2ccccc2)CN(Cc2cccc(-c3cccc(NC(C)=O)c3)c2)C(=O)[C@@H]1Cc1ccc(O)cc1. The van der Waals surface area contributed by atoms with Crippen LogP contribution in [-0.4, -0.2) is 70.5 Å². The number of hydrogen-bond acceptors (Lipinski definition) is 6. The lowest BCUT2D eigenvalue weighted by molar-refractivity contribution is -0.157. The first-order chi connectivity index (χ1) is 24.2. The molecule has 0 bridgehead atoms. The molecule has 11 nitrogen and oxygen atoms in total. The molecule has 50 heavy (non-hydrogen) atoms. The van der Waals surface area contributed by atoms with Crippen LogP contribution in [0.1, 0.15) is 23.6 Å². The Kier molecular flexibility index (Phi) is 12.0. The smallest absolute Gasteiger partial charge is 0.316 e. The molecule has 2 atom stereocenters. The van der Waals surface area contributed by atoms with Crippen molar-refractivity contribution >= 4 is 29.4 Å². The van der Waals surface area contributed by atoms with Crippen molar-refractivity contribution in [2.24, 2.45) is 0 Å². The van der Waals surface area contributed by atoms with Gasteiger partial charge in [-0.25, -0.2) is 4.79 Å². The molecular weight excluding hydrogens is 632 g/mol. The van der Waals surface area contributed by atoms with Gasteiger partial charge in [0.1, 0.15) is 18.0 Å². The van der Waals surface area contributed by atoms with E-state index in [0.29, 0.717) is 12.2 Å². The van der Waals surface area contributed by atoms with Crippen LogP contribution in [0.15, 0.2) is 116 Å². The summed E-state index contributed by atoms with van der Waals surface area (Å²) >= 11 is 0. The number of aromatic hydroxyl groups is 1. The van der Waals surface area contributed by atoms with Crippen LogP contribution in [0.3, 0.4) is 0 Å². The van der Waals surface area contributed by atoms with E-state index in [1.807, 2.05) is 78.9 Å². The molecule has 5 N–H and O–H groups in total. The molecule has 0 aliphatic carbocycles. The van der Waals surface area contributed by atoms with Crippen molar-refractivity contribution in [1.82, 2.24) is 25.8 Å². The average molecular weight is 675 g/mol. The number of piperazine rings is 1. The maximum absolute atomic E-state index is 14.4. The molecule has 4 aromatic rings. The number of carbonyl (C=O) groups excluding carboxylic acids is 4. The lowest BCUT2D eigenvalue weighted by Crippen LogP contribution is -2.69. The molecule has 0 radical (unpaired) electrons. The minimum Gasteiger partial charge on any atom is -0.508 e. The largest absolute Gasteiger partial charge is 0.508 e. The van der Waals surface area contributed by atoms with Crippen molar-refractivity contribution < 1.29 is 24.3 Å². The van der Waals surface area contributed by atoms with Gasteiger partial charge in [-0.3, -0.25) is 14.4 Å².